The Balaban J connectivity index is 1.58. The summed E-state index contributed by atoms with van der Waals surface area (Å²) in [7, 11) is -3.57. The summed E-state index contributed by atoms with van der Waals surface area (Å²) < 4.78 is 27.2. The van der Waals surface area contributed by atoms with E-state index in [1.54, 1.807) is 29.6 Å². The molecule has 0 spiro atoms. The molecule has 0 aliphatic carbocycles. The molecule has 1 atom stereocenters. The Morgan fingerprint density at radius 1 is 1.18 bits per heavy atom. The number of anilines is 1. The number of nitrogens with zero attached hydrogens (tertiary/aromatic N) is 1. The summed E-state index contributed by atoms with van der Waals surface area (Å²) in [4.78, 5) is 24.3. The van der Waals surface area contributed by atoms with Crippen molar-refractivity contribution < 1.29 is 18.0 Å². The first kappa shape index (κ1) is 20.5. The molecule has 1 aliphatic heterocycles. The van der Waals surface area contributed by atoms with Crippen molar-refractivity contribution in [1.29, 1.82) is 0 Å². The summed E-state index contributed by atoms with van der Waals surface area (Å²) >= 11 is 1.17. The molecule has 2 amide bonds. The van der Waals surface area contributed by atoms with Gasteiger partial charge in [-0.1, -0.05) is 12.1 Å². The number of amides is 2. The second-order valence-electron chi connectivity index (χ2n) is 6.81. The summed E-state index contributed by atoms with van der Waals surface area (Å²) in [6, 6.07) is 8.32. The molecule has 2 N–H and O–H groups in total. The molecule has 0 unspecified atom stereocenters. The van der Waals surface area contributed by atoms with Gasteiger partial charge in [-0.25, -0.2) is 8.42 Å². The van der Waals surface area contributed by atoms with Crippen LogP contribution in [0.15, 0.2) is 39.9 Å². The topological polar surface area (TPSA) is 95.6 Å². The lowest BCUT2D eigenvalue weighted by molar-refractivity contribution is -0.136. The maximum absolute atomic E-state index is 12.7. The maximum Gasteiger partial charge on any atom is 0.313 e. The number of sulfonamides is 1. The van der Waals surface area contributed by atoms with Crippen LogP contribution in [-0.2, 0) is 19.6 Å². The van der Waals surface area contributed by atoms with Crippen LogP contribution in [0.25, 0.3) is 0 Å². The number of hydrogen-bond donors (Lipinski definition) is 2. The highest BCUT2D eigenvalue weighted by Crippen LogP contribution is 2.28. The highest BCUT2D eigenvalue weighted by atomic mass is 32.2. The van der Waals surface area contributed by atoms with E-state index in [1.165, 1.54) is 15.6 Å². The van der Waals surface area contributed by atoms with Crippen LogP contribution >= 0.6 is 11.3 Å². The minimum atomic E-state index is -3.57. The molecule has 28 heavy (non-hydrogen) atoms. The molecule has 2 heterocycles. The summed E-state index contributed by atoms with van der Waals surface area (Å²) in [6.07, 6.45) is 1.36. The normalized spacial score (nSPS) is 17.4. The molecule has 1 fully saturated rings. The van der Waals surface area contributed by atoms with Crippen LogP contribution < -0.4 is 10.6 Å². The Morgan fingerprint density at radius 3 is 2.64 bits per heavy atom. The van der Waals surface area contributed by atoms with E-state index in [0.29, 0.717) is 22.9 Å². The molecule has 1 aromatic carbocycles. The Kier molecular flexibility index (Phi) is 6.17. The largest absolute Gasteiger partial charge is 0.346 e. The number of carbonyl (C=O) groups excluding carboxylic acids is 2. The van der Waals surface area contributed by atoms with Gasteiger partial charge in [-0.15, -0.1) is 11.3 Å². The molecule has 1 aliphatic rings. The molecule has 150 valence electrons. The van der Waals surface area contributed by atoms with Crippen LogP contribution in [0, 0.1) is 13.8 Å². The number of carbonyl (C=O) groups is 2. The van der Waals surface area contributed by atoms with Crippen molar-refractivity contribution >= 4 is 38.9 Å². The molecule has 0 radical (unpaired) electrons. The smallest absolute Gasteiger partial charge is 0.313 e. The molecule has 7 nitrogen and oxygen atoms in total. The number of benzene rings is 1. The number of hydrogen-bond acceptors (Lipinski definition) is 5. The average Bonchev–Trinajstić information content (AvgIpc) is 3.34. The Hall–Kier alpha value is -2.23. The van der Waals surface area contributed by atoms with Gasteiger partial charge in [0.05, 0.1) is 0 Å². The van der Waals surface area contributed by atoms with Crippen LogP contribution in [0.3, 0.4) is 0 Å². The average molecular weight is 422 g/mol. The fraction of sp³-hybridized carbons (Fsp3) is 0.368. The zero-order valence-corrected chi connectivity index (χ0v) is 17.4. The summed E-state index contributed by atoms with van der Waals surface area (Å²) in [5.41, 5.74) is 2.65. The molecular weight excluding hydrogens is 398 g/mol. The molecule has 0 saturated carbocycles. The molecule has 1 saturated heterocycles. The highest BCUT2D eigenvalue weighted by molar-refractivity contribution is 7.91. The van der Waals surface area contributed by atoms with Crippen molar-refractivity contribution in [2.24, 2.45) is 0 Å². The van der Waals surface area contributed by atoms with Gasteiger partial charge in [0.25, 0.3) is 10.0 Å². The zero-order chi connectivity index (χ0) is 20.3. The van der Waals surface area contributed by atoms with Crippen molar-refractivity contribution in [3.8, 4) is 0 Å². The van der Waals surface area contributed by atoms with Crippen LogP contribution in [0.2, 0.25) is 0 Å². The second kappa shape index (κ2) is 8.42. The van der Waals surface area contributed by atoms with Crippen molar-refractivity contribution in [2.75, 3.05) is 18.4 Å². The van der Waals surface area contributed by atoms with E-state index in [9.17, 15) is 18.0 Å². The molecule has 0 bridgehead atoms. The van der Waals surface area contributed by atoms with E-state index in [1.807, 2.05) is 19.9 Å². The van der Waals surface area contributed by atoms with E-state index in [2.05, 4.69) is 10.6 Å². The van der Waals surface area contributed by atoms with E-state index in [4.69, 9.17) is 0 Å². The third kappa shape index (κ3) is 4.43. The van der Waals surface area contributed by atoms with E-state index >= 15 is 0 Å². The zero-order valence-electron chi connectivity index (χ0n) is 15.8. The van der Waals surface area contributed by atoms with Crippen LogP contribution in [-0.4, -0.2) is 43.7 Å². The lowest BCUT2D eigenvalue weighted by atomic mass is 10.1. The summed E-state index contributed by atoms with van der Waals surface area (Å²) in [5, 5.41) is 6.85. The fourth-order valence-corrected chi connectivity index (χ4v) is 5.97. The molecular formula is C19H23N3O4S2. The third-order valence-electron chi connectivity index (χ3n) is 4.85. The van der Waals surface area contributed by atoms with Crippen molar-refractivity contribution in [3.05, 3.63) is 46.8 Å². The van der Waals surface area contributed by atoms with Crippen molar-refractivity contribution in [3.63, 3.8) is 0 Å². The SMILES string of the molecule is Cc1ccc(NC(=O)C(=O)NC[C@@H]2CCCN2S(=O)(=O)c2cccs2)cc1C. The van der Waals surface area contributed by atoms with Gasteiger partial charge in [0.1, 0.15) is 4.21 Å². The molecule has 2 aromatic rings. The first-order chi connectivity index (χ1) is 13.3. The molecule has 3 rings (SSSR count). The summed E-state index contributed by atoms with van der Waals surface area (Å²) in [6.45, 7) is 4.40. The lowest BCUT2D eigenvalue weighted by Gasteiger charge is -2.23. The first-order valence-corrected chi connectivity index (χ1v) is 11.3. The van der Waals surface area contributed by atoms with Gasteiger partial charge in [0, 0.05) is 24.8 Å². The van der Waals surface area contributed by atoms with Gasteiger partial charge in [-0.3, -0.25) is 9.59 Å². The van der Waals surface area contributed by atoms with Crippen molar-refractivity contribution in [2.45, 2.75) is 36.9 Å². The number of thiophene rings is 1. The van der Waals surface area contributed by atoms with Gasteiger partial charge < -0.3 is 10.6 Å². The number of aryl methyl sites for hydroxylation is 2. The fourth-order valence-electron chi connectivity index (χ4n) is 3.15. The standard InChI is InChI=1S/C19H23N3O4S2/c1-13-7-8-15(11-14(13)2)21-19(24)18(23)20-12-16-5-3-9-22(16)28(25,26)17-6-4-10-27-17/h4,6-8,10-11,16H,3,5,9,12H2,1-2H3,(H,20,23)(H,21,24)/t16-/m0/s1. The van der Waals surface area contributed by atoms with Gasteiger partial charge in [0.2, 0.25) is 0 Å². The highest BCUT2D eigenvalue weighted by Gasteiger charge is 2.36. The maximum atomic E-state index is 12.7. The molecule has 1 aromatic heterocycles. The predicted molar refractivity (Wildman–Crippen MR) is 109 cm³/mol. The van der Waals surface area contributed by atoms with Gasteiger partial charge in [0.15, 0.2) is 0 Å². The minimum Gasteiger partial charge on any atom is -0.346 e. The van der Waals surface area contributed by atoms with Gasteiger partial charge in [-0.2, -0.15) is 4.31 Å². The minimum absolute atomic E-state index is 0.101. The quantitative estimate of drug-likeness (QED) is 0.724. The van der Waals surface area contributed by atoms with E-state index in [0.717, 1.165) is 17.5 Å². The molecule has 9 heteroatoms. The second-order valence-corrected chi connectivity index (χ2v) is 9.87. The van der Waals surface area contributed by atoms with Crippen LogP contribution in [0.4, 0.5) is 5.69 Å². The Labute approximate surface area is 168 Å². The number of rotatable bonds is 5. The van der Waals surface area contributed by atoms with E-state index < -0.39 is 21.8 Å². The summed E-state index contributed by atoms with van der Waals surface area (Å²) in [5.74, 6) is -1.55. The predicted octanol–water partition coefficient (Wildman–Crippen LogP) is 2.27. The first-order valence-electron chi connectivity index (χ1n) is 9.01. The Bertz CT molecular complexity index is 971. The van der Waals surface area contributed by atoms with Gasteiger partial charge in [-0.05, 0) is 61.4 Å². The van der Waals surface area contributed by atoms with Crippen molar-refractivity contribution in [1.82, 2.24) is 9.62 Å². The van der Waals surface area contributed by atoms with Gasteiger partial charge >= 0.3 is 11.8 Å². The van der Waals surface area contributed by atoms with Crippen LogP contribution in [0.5, 0.6) is 0 Å². The number of nitrogens with one attached hydrogen (secondary N) is 2. The lowest BCUT2D eigenvalue weighted by Crippen LogP contribution is -2.45. The Morgan fingerprint density at radius 2 is 1.96 bits per heavy atom. The van der Waals surface area contributed by atoms with Crippen LogP contribution in [0.1, 0.15) is 24.0 Å². The third-order valence-corrected chi connectivity index (χ3v) is 8.18. The monoisotopic (exact) mass is 421 g/mol. The van der Waals surface area contributed by atoms with E-state index in [-0.39, 0.29) is 12.6 Å².